The fourth-order valence-electron chi connectivity index (χ4n) is 5.26. The van der Waals surface area contributed by atoms with Crippen LogP contribution in [0.4, 0.5) is 5.82 Å². The molecule has 3 aliphatic heterocycles. The molecule has 0 spiro atoms. The molecular weight excluding hydrogens is 676 g/mol. The van der Waals surface area contributed by atoms with E-state index in [0.717, 1.165) is 9.13 Å². The van der Waals surface area contributed by atoms with E-state index < -0.39 is 101 Å². The van der Waals surface area contributed by atoms with Crippen LogP contribution in [0.1, 0.15) is 37.3 Å². The van der Waals surface area contributed by atoms with Crippen LogP contribution in [-0.2, 0) is 41.4 Å². The molecule has 262 valence electrons. The van der Waals surface area contributed by atoms with E-state index in [1.807, 2.05) is 0 Å². The van der Waals surface area contributed by atoms with Gasteiger partial charge in [-0.1, -0.05) is 0 Å². The number of anilines is 1. The summed E-state index contributed by atoms with van der Waals surface area (Å²) < 4.78 is 65.3. The Balaban J connectivity index is 1.26. The number of nitrogen functional groups attached to an aromatic ring is 1. The average molecular weight is 712 g/mol. The number of nitrogens with two attached hydrogens (primary N) is 1. The summed E-state index contributed by atoms with van der Waals surface area (Å²) in [7, 11) is -9.84. The summed E-state index contributed by atoms with van der Waals surface area (Å²) in [4.78, 5) is 63.2. The first-order chi connectivity index (χ1) is 22.1. The number of nitrogens with one attached hydrogen (secondary N) is 1. The van der Waals surface area contributed by atoms with Gasteiger partial charge in [-0.3, -0.25) is 37.0 Å². The SMILES string of the molecule is Cc1cn([C@H]2C[C@H](OP(=O)(O)OC[C@H]3O[C@@H](n4ccc(N)nc4=O)C[C@@H]3OP(=O)(O)OC[C@H]3OCC[C@@H]3O)[C@@H](CO)O2)c(=O)[nH]c1=O. The van der Waals surface area contributed by atoms with Gasteiger partial charge in [-0.05, 0) is 19.4 Å². The maximum atomic E-state index is 13.0. The minimum absolute atomic E-state index is 0.0697. The normalized spacial score (nSPS) is 31.9. The highest BCUT2D eigenvalue weighted by atomic mass is 31.2. The molecular formula is C24H35N5O16P2. The minimum Gasteiger partial charge on any atom is -0.394 e. The largest absolute Gasteiger partial charge is 0.472 e. The summed E-state index contributed by atoms with van der Waals surface area (Å²) in [5, 5.41) is 19.7. The standard InChI is InChI=1S/C24H35N5O16P2/c1-12-8-29(24(34)27-22(12)32)21-6-14(16(9-30)42-21)44-47(37,38)41-11-18-15(7-20(43-18)28-4-2-19(25)26-23(28)33)45-46(35,36)40-10-17-13(31)3-5-39-17/h2,4,8,13-18,20-21,30-31H,3,5-7,9-11H2,1H3,(H,35,36)(H,37,38)(H2,25,26,33)(H,27,32,34)/t13-,14-,15-,16+,17+,18+,20+,21+/m0/s1. The number of aryl methyl sites for hydroxylation is 1. The van der Waals surface area contributed by atoms with Gasteiger partial charge < -0.3 is 39.9 Å². The molecule has 0 aromatic carbocycles. The van der Waals surface area contributed by atoms with Gasteiger partial charge in [0, 0.05) is 37.4 Å². The van der Waals surface area contributed by atoms with Crippen molar-refractivity contribution in [2.45, 2.75) is 75.3 Å². The molecule has 3 fully saturated rings. The molecule has 0 amide bonds. The van der Waals surface area contributed by atoms with E-state index in [2.05, 4.69) is 9.97 Å². The van der Waals surface area contributed by atoms with Gasteiger partial charge in [-0.2, -0.15) is 4.98 Å². The van der Waals surface area contributed by atoms with Gasteiger partial charge in [0.25, 0.3) is 5.56 Å². The molecule has 2 unspecified atom stereocenters. The topological polar surface area (TPSA) is 295 Å². The molecule has 5 heterocycles. The van der Waals surface area contributed by atoms with E-state index in [0.29, 0.717) is 6.42 Å². The van der Waals surface area contributed by atoms with Crippen molar-refractivity contribution >= 4 is 21.5 Å². The highest BCUT2D eigenvalue weighted by Gasteiger charge is 2.46. The summed E-state index contributed by atoms with van der Waals surface area (Å²) in [6.07, 6.45) is -6.75. The minimum atomic E-state index is -4.99. The predicted octanol–water partition coefficient (Wildman–Crippen LogP) is -1.59. The van der Waals surface area contributed by atoms with Crippen molar-refractivity contribution < 1.29 is 61.4 Å². The first kappa shape index (κ1) is 35.7. The van der Waals surface area contributed by atoms with Crippen molar-refractivity contribution in [1.82, 2.24) is 19.1 Å². The number of hydrogen-bond donors (Lipinski definition) is 6. The van der Waals surface area contributed by atoms with Gasteiger partial charge in [0.2, 0.25) is 0 Å². The Morgan fingerprint density at radius 3 is 2.19 bits per heavy atom. The maximum absolute atomic E-state index is 13.0. The molecule has 2 aromatic heterocycles. The molecule has 47 heavy (non-hydrogen) atoms. The predicted molar refractivity (Wildman–Crippen MR) is 155 cm³/mol. The zero-order valence-electron chi connectivity index (χ0n) is 24.8. The quantitative estimate of drug-likeness (QED) is 0.128. The summed E-state index contributed by atoms with van der Waals surface area (Å²) in [5.74, 6) is -0.0697. The van der Waals surface area contributed by atoms with E-state index >= 15 is 0 Å². The summed E-state index contributed by atoms with van der Waals surface area (Å²) >= 11 is 0. The Morgan fingerprint density at radius 1 is 1.00 bits per heavy atom. The third-order valence-electron chi connectivity index (χ3n) is 7.67. The van der Waals surface area contributed by atoms with Crippen molar-refractivity contribution in [1.29, 1.82) is 0 Å². The number of hydrogen-bond acceptors (Lipinski definition) is 16. The van der Waals surface area contributed by atoms with Crippen LogP contribution in [0.15, 0.2) is 32.8 Å². The van der Waals surface area contributed by atoms with Crippen molar-refractivity contribution in [3.05, 3.63) is 55.3 Å². The summed E-state index contributed by atoms with van der Waals surface area (Å²) in [6.45, 7) is -0.221. The number of rotatable bonds is 13. The number of phosphoric acid groups is 2. The maximum Gasteiger partial charge on any atom is 0.472 e. The number of aliphatic hydroxyl groups is 2. The second kappa shape index (κ2) is 14.5. The molecule has 23 heteroatoms. The van der Waals surface area contributed by atoms with Gasteiger partial charge in [-0.25, -0.2) is 18.7 Å². The van der Waals surface area contributed by atoms with Crippen LogP contribution < -0.4 is 22.7 Å². The molecule has 0 radical (unpaired) electrons. The van der Waals surface area contributed by atoms with Gasteiger partial charge in [0.15, 0.2) is 0 Å². The van der Waals surface area contributed by atoms with Crippen molar-refractivity contribution in [2.24, 2.45) is 0 Å². The lowest BCUT2D eigenvalue weighted by molar-refractivity contribution is -0.0586. The number of nitrogens with zero attached hydrogens (tertiary/aromatic N) is 3. The third-order valence-corrected chi connectivity index (χ3v) is 9.70. The molecule has 0 bridgehead atoms. The number of H-pyrrole nitrogens is 1. The van der Waals surface area contributed by atoms with Gasteiger partial charge in [0.05, 0.1) is 25.9 Å². The Labute approximate surface area is 265 Å². The molecule has 3 aliphatic rings. The lowest BCUT2D eigenvalue weighted by atomic mass is 10.2. The smallest absolute Gasteiger partial charge is 0.394 e. The van der Waals surface area contributed by atoms with Gasteiger partial charge >= 0.3 is 27.0 Å². The lowest BCUT2D eigenvalue weighted by Gasteiger charge is -2.24. The average Bonchev–Trinajstić information content (AvgIpc) is 3.70. The summed E-state index contributed by atoms with van der Waals surface area (Å²) in [6, 6.07) is 1.31. The molecule has 2 aromatic rings. The molecule has 5 rings (SSSR count). The van der Waals surface area contributed by atoms with E-state index in [9.17, 15) is 43.5 Å². The monoisotopic (exact) mass is 711 g/mol. The van der Waals surface area contributed by atoms with Crippen LogP contribution in [0.5, 0.6) is 0 Å². The van der Waals surface area contributed by atoms with Crippen LogP contribution >= 0.6 is 15.6 Å². The third kappa shape index (κ3) is 8.70. The van der Waals surface area contributed by atoms with Crippen LogP contribution in [0.2, 0.25) is 0 Å². The lowest BCUT2D eigenvalue weighted by Crippen LogP contribution is -2.33. The highest BCUT2D eigenvalue weighted by Crippen LogP contribution is 2.51. The molecule has 7 N–H and O–H groups in total. The Hall–Kier alpha value is -2.62. The zero-order valence-corrected chi connectivity index (χ0v) is 26.6. The first-order valence-electron chi connectivity index (χ1n) is 14.3. The zero-order chi connectivity index (χ0) is 34.1. The summed E-state index contributed by atoms with van der Waals surface area (Å²) in [5.41, 5.74) is 3.52. The number of aliphatic hydroxyl groups excluding tert-OH is 2. The van der Waals surface area contributed by atoms with E-state index in [1.54, 1.807) is 0 Å². The van der Waals surface area contributed by atoms with Crippen LogP contribution in [0.25, 0.3) is 0 Å². The molecule has 10 atom stereocenters. The Bertz CT molecular complexity index is 1700. The second-order valence-electron chi connectivity index (χ2n) is 11.0. The van der Waals surface area contributed by atoms with Gasteiger partial charge in [0.1, 0.15) is 48.8 Å². The van der Waals surface area contributed by atoms with E-state index in [1.165, 1.54) is 25.4 Å². The fraction of sp³-hybridized carbons (Fsp3) is 0.667. The first-order valence-corrected chi connectivity index (χ1v) is 17.3. The van der Waals surface area contributed by atoms with Crippen LogP contribution in [0, 0.1) is 6.92 Å². The van der Waals surface area contributed by atoms with Crippen LogP contribution in [0.3, 0.4) is 0 Å². The van der Waals surface area contributed by atoms with E-state index in [4.69, 9.17) is 38.0 Å². The fourth-order valence-corrected chi connectivity index (χ4v) is 7.18. The molecule has 0 aliphatic carbocycles. The Morgan fingerprint density at radius 2 is 1.60 bits per heavy atom. The van der Waals surface area contributed by atoms with Crippen LogP contribution in [-0.4, -0.2) is 102 Å². The molecule has 3 saturated heterocycles. The Kier molecular flexibility index (Phi) is 11.0. The number of aromatic nitrogens is 4. The highest BCUT2D eigenvalue weighted by molar-refractivity contribution is 7.47. The second-order valence-corrected chi connectivity index (χ2v) is 13.8. The van der Waals surface area contributed by atoms with Gasteiger partial charge in [-0.15, -0.1) is 0 Å². The molecule has 21 nitrogen and oxygen atoms in total. The number of ether oxygens (including phenoxy) is 3. The number of phosphoric ester groups is 2. The van der Waals surface area contributed by atoms with Crippen molar-refractivity contribution in [3.63, 3.8) is 0 Å². The van der Waals surface area contributed by atoms with Crippen molar-refractivity contribution in [2.75, 3.05) is 32.2 Å². The number of aromatic amines is 1. The van der Waals surface area contributed by atoms with Crippen molar-refractivity contribution in [3.8, 4) is 0 Å². The van der Waals surface area contributed by atoms with E-state index in [-0.39, 0.29) is 30.8 Å². The molecule has 0 saturated carbocycles.